The number of carbonyl (C=O) groups is 1. The molecule has 2 aromatic rings. The fourth-order valence-corrected chi connectivity index (χ4v) is 5.85. The molecule has 0 aliphatic carbocycles. The zero-order valence-corrected chi connectivity index (χ0v) is 17.2. The lowest BCUT2D eigenvalue weighted by Crippen LogP contribution is -2.37. The molecule has 28 heavy (non-hydrogen) atoms. The van der Waals surface area contributed by atoms with E-state index in [4.69, 9.17) is 0 Å². The molecule has 2 saturated heterocycles. The van der Waals surface area contributed by atoms with Crippen molar-refractivity contribution in [2.75, 3.05) is 26.2 Å². The highest BCUT2D eigenvalue weighted by Gasteiger charge is 2.25. The first kappa shape index (κ1) is 19.5. The Bertz CT molecular complexity index is 937. The predicted octanol–water partition coefficient (Wildman–Crippen LogP) is 3.22. The Morgan fingerprint density at radius 2 is 1.50 bits per heavy atom. The van der Waals surface area contributed by atoms with Gasteiger partial charge in [0.25, 0.3) is 0 Å². The highest BCUT2D eigenvalue weighted by atomic mass is 32.2. The number of carbonyl (C=O) groups excluding carboxylic acids is 1. The van der Waals surface area contributed by atoms with Gasteiger partial charge in [-0.1, -0.05) is 12.8 Å². The minimum Gasteiger partial charge on any atom is -0.341 e. The van der Waals surface area contributed by atoms with E-state index >= 15 is 0 Å². The number of hydrogen-bond donors (Lipinski definition) is 0. The third-order valence-corrected chi connectivity index (χ3v) is 7.85. The van der Waals surface area contributed by atoms with E-state index in [-0.39, 0.29) is 5.91 Å². The van der Waals surface area contributed by atoms with Gasteiger partial charge < -0.3 is 9.47 Å². The molecule has 2 fully saturated rings. The molecule has 0 spiro atoms. The standard InChI is InChI=1S/C21H29N3O3S/c25-21(22-11-4-3-5-12-22)17-23-15-10-18-16-19(8-9-20(18)23)28(26,27)24-13-6-1-2-7-14-24/h8-10,15-16H,1-7,11-14,17H2. The van der Waals surface area contributed by atoms with Crippen molar-refractivity contribution in [3.63, 3.8) is 0 Å². The number of rotatable bonds is 4. The average molecular weight is 404 g/mol. The summed E-state index contributed by atoms with van der Waals surface area (Å²) >= 11 is 0. The molecule has 1 aromatic heterocycles. The molecule has 0 bridgehead atoms. The van der Waals surface area contributed by atoms with Gasteiger partial charge in [-0.25, -0.2) is 8.42 Å². The number of amides is 1. The van der Waals surface area contributed by atoms with Crippen LogP contribution in [0.2, 0.25) is 0 Å². The van der Waals surface area contributed by atoms with Gasteiger partial charge in [0.1, 0.15) is 6.54 Å². The predicted molar refractivity (Wildman–Crippen MR) is 110 cm³/mol. The van der Waals surface area contributed by atoms with E-state index in [1.165, 1.54) is 6.42 Å². The Hall–Kier alpha value is -1.86. The van der Waals surface area contributed by atoms with Crippen LogP contribution in [0.5, 0.6) is 0 Å². The van der Waals surface area contributed by atoms with Crippen LogP contribution in [0.3, 0.4) is 0 Å². The summed E-state index contributed by atoms with van der Waals surface area (Å²) in [5.74, 6) is 0.137. The second-order valence-electron chi connectivity index (χ2n) is 7.92. The second-order valence-corrected chi connectivity index (χ2v) is 9.86. The molecule has 2 aliphatic rings. The maximum Gasteiger partial charge on any atom is 0.243 e. The summed E-state index contributed by atoms with van der Waals surface area (Å²) in [7, 11) is -3.46. The van der Waals surface area contributed by atoms with Crippen molar-refractivity contribution in [3.05, 3.63) is 30.5 Å². The maximum atomic E-state index is 13.0. The zero-order chi connectivity index (χ0) is 19.6. The second kappa shape index (κ2) is 8.25. The van der Waals surface area contributed by atoms with E-state index in [1.807, 2.05) is 27.8 Å². The number of hydrogen-bond acceptors (Lipinski definition) is 3. The van der Waals surface area contributed by atoms with Gasteiger partial charge in [0.05, 0.1) is 4.90 Å². The van der Waals surface area contributed by atoms with E-state index < -0.39 is 10.0 Å². The van der Waals surface area contributed by atoms with Gasteiger partial charge in [-0.2, -0.15) is 4.31 Å². The lowest BCUT2D eigenvalue weighted by atomic mass is 10.1. The number of fused-ring (bicyclic) bond motifs is 1. The van der Waals surface area contributed by atoms with Crippen LogP contribution in [-0.4, -0.2) is 54.3 Å². The lowest BCUT2D eigenvalue weighted by Gasteiger charge is -2.27. The first-order valence-electron chi connectivity index (χ1n) is 10.4. The fraction of sp³-hybridized carbons (Fsp3) is 0.571. The zero-order valence-electron chi connectivity index (χ0n) is 16.3. The smallest absolute Gasteiger partial charge is 0.243 e. The molecule has 2 aliphatic heterocycles. The molecule has 0 unspecified atom stereocenters. The molecule has 0 N–H and O–H groups in total. The summed E-state index contributed by atoms with van der Waals surface area (Å²) in [5, 5.41) is 0.863. The SMILES string of the molecule is O=C(Cn1ccc2cc(S(=O)(=O)N3CCCCCC3)ccc21)N1CCCCC1. The van der Waals surface area contributed by atoms with Gasteiger partial charge in [-0.05, 0) is 56.4 Å². The van der Waals surface area contributed by atoms with Gasteiger partial charge in [0.15, 0.2) is 0 Å². The minimum atomic E-state index is -3.46. The lowest BCUT2D eigenvalue weighted by molar-refractivity contribution is -0.132. The van der Waals surface area contributed by atoms with Crippen molar-refractivity contribution in [1.82, 2.24) is 13.8 Å². The third kappa shape index (κ3) is 3.96. The van der Waals surface area contributed by atoms with Crippen LogP contribution >= 0.6 is 0 Å². The Morgan fingerprint density at radius 1 is 0.857 bits per heavy atom. The van der Waals surface area contributed by atoms with E-state index in [1.54, 1.807) is 16.4 Å². The van der Waals surface area contributed by atoms with E-state index in [0.29, 0.717) is 24.5 Å². The maximum absolute atomic E-state index is 13.0. The Labute approximate surface area is 167 Å². The largest absolute Gasteiger partial charge is 0.341 e. The quantitative estimate of drug-likeness (QED) is 0.787. The molecular weight excluding hydrogens is 374 g/mol. The molecule has 1 aromatic carbocycles. The van der Waals surface area contributed by atoms with Gasteiger partial charge in [-0.3, -0.25) is 4.79 Å². The molecule has 6 nitrogen and oxygen atoms in total. The molecule has 1 amide bonds. The normalized spacial score (nSPS) is 19.6. The topological polar surface area (TPSA) is 62.6 Å². The minimum absolute atomic E-state index is 0.137. The van der Waals surface area contributed by atoms with E-state index in [9.17, 15) is 13.2 Å². The van der Waals surface area contributed by atoms with Crippen LogP contribution in [0, 0.1) is 0 Å². The Morgan fingerprint density at radius 3 is 2.21 bits per heavy atom. The van der Waals surface area contributed by atoms with Crippen LogP contribution in [-0.2, 0) is 21.4 Å². The first-order chi connectivity index (χ1) is 13.6. The number of nitrogens with zero attached hydrogens (tertiary/aromatic N) is 3. The summed E-state index contributed by atoms with van der Waals surface area (Å²) in [5.41, 5.74) is 0.903. The number of benzene rings is 1. The van der Waals surface area contributed by atoms with Crippen molar-refractivity contribution < 1.29 is 13.2 Å². The van der Waals surface area contributed by atoms with Gasteiger partial charge in [0.2, 0.25) is 15.9 Å². The molecule has 0 atom stereocenters. The van der Waals surface area contributed by atoms with E-state index in [0.717, 1.165) is 62.5 Å². The van der Waals surface area contributed by atoms with Crippen molar-refractivity contribution in [2.45, 2.75) is 56.4 Å². The van der Waals surface area contributed by atoms with Crippen LogP contribution < -0.4 is 0 Å². The highest BCUT2D eigenvalue weighted by molar-refractivity contribution is 7.89. The third-order valence-electron chi connectivity index (χ3n) is 5.96. The van der Waals surface area contributed by atoms with Crippen LogP contribution in [0.15, 0.2) is 35.4 Å². The molecule has 152 valence electrons. The number of aromatic nitrogens is 1. The number of likely N-dealkylation sites (tertiary alicyclic amines) is 1. The molecule has 0 saturated carbocycles. The van der Waals surface area contributed by atoms with Gasteiger partial charge >= 0.3 is 0 Å². The van der Waals surface area contributed by atoms with Crippen molar-refractivity contribution in [1.29, 1.82) is 0 Å². The van der Waals surface area contributed by atoms with Crippen LogP contribution in [0.1, 0.15) is 44.9 Å². The summed E-state index contributed by atoms with van der Waals surface area (Å²) in [4.78, 5) is 14.9. The molecule has 4 rings (SSSR count). The Balaban J connectivity index is 1.54. The number of piperidine rings is 1. The summed E-state index contributed by atoms with van der Waals surface area (Å²) in [6.07, 6.45) is 9.29. The molecule has 0 radical (unpaired) electrons. The van der Waals surface area contributed by atoms with Crippen LogP contribution in [0.4, 0.5) is 0 Å². The summed E-state index contributed by atoms with van der Waals surface area (Å²) in [6, 6.07) is 7.17. The summed E-state index contributed by atoms with van der Waals surface area (Å²) in [6.45, 7) is 3.20. The average Bonchev–Trinajstić information content (AvgIpc) is 2.92. The molecular formula is C21H29N3O3S. The van der Waals surface area contributed by atoms with Crippen molar-refractivity contribution in [2.24, 2.45) is 0 Å². The molecule has 7 heteroatoms. The fourth-order valence-electron chi connectivity index (χ4n) is 4.30. The van der Waals surface area contributed by atoms with Crippen LogP contribution in [0.25, 0.3) is 10.9 Å². The van der Waals surface area contributed by atoms with Gasteiger partial charge in [-0.15, -0.1) is 0 Å². The monoisotopic (exact) mass is 403 g/mol. The molecule has 3 heterocycles. The number of sulfonamides is 1. The van der Waals surface area contributed by atoms with Crippen molar-refractivity contribution in [3.8, 4) is 0 Å². The van der Waals surface area contributed by atoms with E-state index in [2.05, 4.69) is 0 Å². The highest BCUT2D eigenvalue weighted by Crippen LogP contribution is 2.25. The first-order valence-corrected chi connectivity index (χ1v) is 11.9. The van der Waals surface area contributed by atoms with Crippen molar-refractivity contribution >= 4 is 26.8 Å². The summed E-state index contributed by atoms with van der Waals surface area (Å²) < 4.78 is 29.6. The van der Waals surface area contributed by atoms with Gasteiger partial charge in [0, 0.05) is 43.3 Å². The Kier molecular flexibility index (Phi) is 5.73.